The minimum atomic E-state index is -3.81. The van der Waals surface area contributed by atoms with Gasteiger partial charge in [-0.1, -0.05) is 0 Å². The molecular weight excluding hydrogens is 392 g/mol. The summed E-state index contributed by atoms with van der Waals surface area (Å²) in [6.45, 7) is 3.96. The summed E-state index contributed by atoms with van der Waals surface area (Å²) < 4.78 is 33.5. The van der Waals surface area contributed by atoms with Crippen LogP contribution in [0.15, 0.2) is 45.7 Å². The molecule has 4 rings (SSSR count). The van der Waals surface area contributed by atoms with Gasteiger partial charge in [-0.25, -0.2) is 8.42 Å². The average molecular weight is 419 g/mol. The number of likely N-dealkylation sites (tertiary alicyclic amines) is 1. The second-order valence-electron chi connectivity index (χ2n) is 7.60. The van der Waals surface area contributed by atoms with Crippen molar-refractivity contribution in [1.82, 2.24) is 14.5 Å². The van der Waals surface area contributed by atoms with E-state index in [0.29, 0.717) is 31.9 Å². The third-order valence-corrected chi connectivity index (χ3v) is 7.42. The highest BCUT2D eigenvalue weighted by atomic mass is 32.2. The van der Waals surface area contributed by atoms with E-state index in [1.54, 1.807) is 29.2 Å². The van der Waals surface area contributed by atoms with Crippen LogP contribution in [-0.4, -0.2) is 68.3 Å². The molecule has 8 nitrogen and oxygen atoms in total. The Balaban J connectivity index is 1.58. The normalized spacial score (nSPS) is 23.4. The first-order chi connectivity index (χ1) is 13.9. The third-order valence-electron chi connectivity index (χ3n) is 5.50. The van der Waals surface area contributed by atoms with Crippen LogP contribution in [0.1, 0.15) is 12.2 Å². The van der Waals surface area contributed by atoms with Crippen LogP contribution in [-0.2, 0) is 14.8 Å². The number of nitrogens with two attached hydrogens (primary N) is 1. The molecule has 2 saturated heterocycles. The van der Waals surface area contributed by atoms with Crippen LogP contribution in [0, 0.1) is 6.92 Å². The fourth-order valence-electron chi connectivity index (χ4n) is 3.90. The molecule has 156 valence electrons. The lowest BCUT2D eigenvalue weighted by molar-refractivity contribution is -0.134. The van der Waals surface area contributed by atoms with Gasteiger partial charge < -0.3 is 20.4 Å². The van der Waals surface area contributed by atoms with E-state index in [9.17, 15) is 13.2 Å². The zero-order valence-corrected chi connectivity index (χ0v) is 17.2. The maximum atomic E-state index is 13.3. The Bertz CT molecular complexity index is 986. The average Bonchev–Trinajstić information content (AvgIpc) is 3.36. The Kier molecular flexibility index (Phi) is 5.48. The van der Waals surface area contributed by atoms with E-state index in [0.717, 1.165) is 17.7 Å². The van der Waals surface area contributed by atoms with Gasteiger partial charge in [0.25, 0.3) is 0 Å². The van der Waals surface area contributed by atoms with Crippen molar-refractivity contribution in [3.8, 4) is 11.3 Å². The SMILES string of the molecule is Cc1ccc(-c2ccc(S(=O)(=O)N3CCNC[C@H]3C(=O)N3CC[C@@H](N)C3)cc2)o1. The standard InChI is InChI=1S/C20H26N4O4S/c1-14-2-7-19(28-14)15-3-5-17(6-4-15)29(26,27)24-11-9-22-12-18(24)20(25)23-10-8-16(21)13-23/h2-7,16,18,22H,8-13,21H2,1H3/t16-,18+/m1/s1. The van der Waals surface area contributed by atoms with Crippen LogP contribution in [0.3, 0.4) is 0 Å². The minimum Gasteiger partial charge on any atom is -0.461 e. The van der Waals surface area contributed by atoms with Crippen LogP contribution < -0.4 is 11.1 Å². The van der Waals surface area contributed by atoms with Gasteiger partial charge in [-0.05, 0) is 49.7 Å². The lowest BCUT2D eigenvalue weighted by atomic mass is 10.2. The molecule has 1 aromatic heterocycles. The van der Waals surface area contributed by atoms with Crippen molar-refractivity contribution in [1.29, 1.82) is 0 Å². The van der Waals surface area contributed by atoms with Crippen molar-refractivity contribution in [3.05, 3.63) is 42.2 Å². The van der Waals surface area contributed by atoms with E-state index >= 15 is 0 Å². The van der Waals surface area contributed by atoms with Gasteiger partial charge in [-0.15, -0.1) is 0 Å². The van der Waals surface area contributed by atoms with Crippen molar-refractivity contribution in [2.75, 3.05) is 32.7 Å². The largest absolute Gasteiger partial charge is 0.461 e. The summed E-state index contributed by atoms with van der Waals surface area (Å²) in [5, 5.41) is 3.14. The second kappa shape index (κ2) is 7.91. The van der Waals surface area contributed by atoms with Gasteiger partial charge in [0.05, 0.1) is 4.90 Å². The molecule has 1 aromatic carbocycles. The maximum absolute atomic E-state index is 13.3. The third kappa shape index (κ3) is 3.95. The number of carbonyl (C=O) groups is 1. The number of hydrogen-bond donors (Lipinski definition) is 2. The number of aryl methyl sites for hydroxylation is 1. The first kappa shape index (κ1) is 20.1. The Morgan fingerprint density at radius 3 is 2.55 bits per heavy atom. The van der Waals surface area contributed by atoms with Crippen molar-refractivity contribution >= 4 is 15.9 Å². The smallest absolute Gasteiger partial charge is 0.243 e. The quantitative estimate of drug-likeness (QED) is 0.759. The topological polar surface area (TPSA) is 109 Å². The molecule has 0 bridgehead atoms. The van der Waals surface area contributed by atoms with Gasteiger partial charge in [-0.2, -0.15) is 4.31 Å². The lowest BCUT2D eigenvalue weighted by Crippen LogP contribution is -2.59. The highest BCUT2D eigenvalue weighted by Gasteiger charge is 2.40. The van der Waals surface area contributed by atoms with E-state index in [1.165, 1.54) is 4.31 Å². The summed E-state index contributed by atoms with van der Waals surface area (Å²) in [4.78, 5) is 14.8. The Morgan fingerprint density at radius 2 is 1.93 bits per heavy atom. The molecule has 2 atom stereocenters. The highest BCUT2D eigenvalue weighted by molar-refractivity contribution is 7.89. The van der Waals surface area contributed by atoms with Crippen LogP contribution in [0.2, 0.25) is 0 Å². The zero-order valence-electron chi connectivity index (χ0n) is 16.4. The van der Waals surface area contributed by atoms with E-state index in [2.05, 4.69) is 5.32 Å². The predicted octanol–water partition coefficient (Wildman–Crippen LogP) is 0.777. The summed E-state index contributed by atoms with van der Waals surface area (Å²) in [7, 11) is -3.81. The van der Waals surface area contributed by atoms with Gasteiger partial charge >= 0.3 is 0 Å². The first-order valence-corrected chi connectivity index (χ1v) is 11.2. The zero-order chi connectivity index (χ0) is 20.6. The van der Waals surface area contributed by atoms with Crippen molar-refractivity contribution < 1.29 is 17.6 Å². The minimum absolute atomic E-state index is 0.0432. The molecule has 0 aliphatic carbocycles. The van der Waals surface area contributed by atoms with Gasteiger partial charge in [0.2, 0.25) is 15.9 Å². The Labute approximate surface area is 170 Å². The number of piperazine rings is 1. The maximum Gasteiger partial charge on any atom is 0.243 e. The molecule has 2 fully saturated rings. The summed E-state index contributed by atoms with van der Waals surface area (Å²) in [6, 6.07) is 9.50. The number of nitrogens with one attached hydrogen (secondary N) is 1. The summed E-state index contributed by atoms with van der Waals surface area (Å²) >= 11 is 0. The summed E-state index contributed by atoms with van der Waals surface area (Å²) in [5.74, 6) is 1.30. The number of amides is 1. The Morgan fingerprint density at radius 1 is 1.17 bits per heavy atom. The lowest BCUT2D eigenvalue weighted by Gasteiger charge is -2.36. The number of carbonyl (C=O) groups excluding carboxylic acids is 1. The number of sulfonamides is 1. The molecule has 2 aliphatic rings. The van der Waals surface area contributed by atoms with Crippen molar-refractivity contribution in [2.24, 2.45) is 5.73 Å². The van der Waals surface area contributed by atoms with E-state index in [4.69, 9.17) is 10.2 Å². The molecule has 0 radical (unpaired) electrons. The Hall–Kier alpha value is -2.20. The number of furan rings is 1. The van der Waals surface area contributed by atoms with Crippen LogP contribution >= 0.6 is 0 Å². The van der Waals surface area contributed by atoms with E-state index in [-0.39, 0.29) is 23.4 Å². The number of rotatable bonds is 4. The molecule has 3 N–H and O–H groups in total. The molecule has 0 saturated carbocycles. The molecule has 3 heterocycles. The highest BCUT2D eigenvalue weighted by Crippen LogP contribution is 2.26. The van der Waals surface area contributed by atoms with E-state index in [1.807, 2.05) is 19.1 Å². The molecule has 29 heavy (non-hydrogen) atoms. The van der Waals surface area contributed by atoms with Gasteiger partial charge in [-0.3, -0.25) is 4.79 Å². The summed E-state index contributed by atoms with van der Waals surface area (Å²) in [6.07, 6.45) is 0.742. The fraction of sp³-hybridized carbons (Fsp3) is 0.450. The molecule has 2 aromatic rings. The van der Waals surface area contributed by atoms with Gasteiger partial charge in [0, 0.05) is 44.3 Å². The number of nitrogens with zero attached hydrogens (tertiary/aromatic N) is 2. The molecule has 9 heteroatoms. The van der Waals surface area contributed by atoms with Crippen molar-refractivity contribution in [3.63, 3.8) is 0 Å². The molecular formula is C20H26N4O4S. The number of hydrogen-bond acceptors (Lipinski definition) is 6. The van der Waals surface area contributed by atoms with Crippen LogP contribution in [0.5, 0.6) is 0 Å². The summed E-state index contributed by atoms with van der Waals surface area (Å²) in [5.41, 5.74) is 6.72. The van der Waals surface area contributed by atoms with E-state index < -0.39 is 16.1 Å². The van der Waals surface area contributed by atoms with Crippen LogP contribution in [0.25, 0.3) is 11.3 Å². The predicted molar refractivity (Wildman–Crippen MR) is 109 cm³/mol. The first-order valence-electron chi connectivity index (χ1n) is 9.80. The fourth-order valence-corrected chi connectivity index (χ4v) is 5.48. The molecule has 2 aliphatic heterocycles. The molecule has 1 amide bonds. The van der Waals surface area contributed by atoms with Crippen molar-refractivity contribution in [2.45, 2.75) is 30.3 Å². The second-order valence-corrected chi connectivity index (χ2v) is 9.49. The van der Waals surface area contributed by atoms with Gasteiger partial charge in [0.1, 0.15) is 17.6 Å². The molecule has 0 unspecified atom stereocenters. The number of benzene rings is 1. The monoisotopic (exact) mass is 418 g/mol. The van der Waals surface area contributed by atoms with Gasteiger partial charge in [0.15, 0.2) is 0 Å². The molecule has 0 spiro atoms. The van der Waals surface area contributed by atoms with Crippen LogP contribution in [0.4, 0.5) is 0 Å².